The van der Waals surface area contributed by atoms with E-state index in [9.17, 15) is 0 Å². The van der Waals surface area contributed by atoms with Crippen LogP contribution in [0.15, 0.2) is 12.7 Å². The van der Waals surface area contributed by atoms with E-state index in [1.807, 2.05) is 0 Å². The molecule has 0 spiro atoms. The first-order valence-electron chi connectivity index (χ1n) is 9.88. The van der Waals surface area contributed by atoms with E-state index in [-0.39, 0.29) is 0 Å². The van der Waals surface area contributed by atoms with Gasteiger partial charge in [-0.05, 0) is 99.7 Å². The van der Waals surface area contributed by atoms with Gasteiger partial charge in [-0.3, -0.25) is 0 Å². The average Bonchev–Trinajstić information content (AvgIpc) is 2.56. The van der Waals surface area contributed by atoms with Gasteiger partial charge in [0.2, 0.25) is 0 Å². The Labute approximate surface area is 132 Å². The Morgan fingerprint density at radius 2 is 0.905 bits per heavy atom. The van der Waals surface area contributed by atoms with E-state index in [1.54, 1.807) is 38.5 Å². The molecule has 3 saturated carbocycles. The Morgan fingerprint density at radius 1 is 0.571 bits per heavy atom. The molecule has 0 aromatic rings. The standard InChI is InChI=1S/C21H36/c1-3-17-6-10-19(11-7-17)21-14-12-20(13-15-21)18-8-4-16(2)5-9-18/h3,16-21H,1,4-15H2,2H3. The summed E-state index contributed by atoms with van der Waals surface area (Å²) in [6.45, 7) is 6.44. The smallest absolute Gasteiger partial charge is 0.0236 e. The summed E-state index contributed by atoms with van der Waals surface area (Å²) in [6, 6.07) is 0. The lowest BCUT2D eigenvalue weighted by Crippen LogP contribution is -2.29. The lowest BCUT2D eigenvalue weighted by Gasteiger charge is -2.41. The van der Waals surface area contributed by atoms with Gasteiger partial charge in [-0.25, -0.2) is 0 Å². The van der Waals surface area contributed by atoms with Crippen molar-refractivity contribution in [3.8, 4) is 0 Å². The molecule has 3 rings (SSSR count). The molecule has 3 fully saturated rings. The first-order valence-corrected chi connectivity index (χ1v) is 9.88. The zero-order chi connectivity index (χ0) is 14.7. The molecule has 0 aromatic heterocycles. The molecule has 0 N–H and O–H groups in total. The van der Waals surface area contributed by atoms with Gasteiger partial charge in [0, 0.05) is 0 Å². The van der Waals surface area contributed by atoms with Crippen molar-refractivity contribution in [3.63, 3.8) is 0 Å². The molecule has 3 aliphatic rings. The van der Waals surface area contributed by atoms with Crippen LogP contribution in [0, 0.1) is 35.5 Å². The fourth-order valence-corrected chi connectivity index (χ4v) is 5.70. The highest BCUT2D eigenvalue weighted by molar-refractivity contribution is 4.88. The van der Waals surface area contributed by atoms with Crippen LogP contribution in [0.5, 0.6) is 0 Å². The first kappa shape index (κ1) is 15.6. The molecule has 0 unspecified atom stereocenters. The van der Waals surface area contributed by atoms with Crippen LogP contribution < -0.4 is 0 Å². The average molecular weight is 289 g/mol. The zero-order valence-electron chi connectivity index (χ0n) is 14.2. The summed E-state index contributed by atoms with van der Waals surface area (Å²) in [4.78, 5) is 0. The van der Waals surface area contributed by atoms with Crippen molar-refractivity contribution in [1.29, 1.82) is 0 Å². The highest BCUT2D eigenvalue weighted by Gasteiger charge is 2.33. The minimum atomic E-state index is 0.835. The topological polar surface area (TPSA) is 0 Å². The van der Waals surface area contributed by atoms with Gasteiger partial charge in [-0.2, -0.15) is 0 Å². The minimum absolute atomic E-state index is 0.835. The van der Waals surface area contributed by atoms with Crippen molar-refractivity contribution < 1.29 is 0 Å². The summed E-state index contributed by atoms with van der Waals surface area (Å²) < 4.78 is 0. The van der Waals surface area contributed by atoms with Crippen molar-refractivity contribution >= 4 is 0 Å². The zero-order valence-corrected chi connectivity index (χ0v) is 14.2. The van der Waals surface area contributed by atoms with Crippen LogP contribution in [0.25, 0.3) is 0 Å². The van der Waals surface area contributed by atoms with Gasteiger partial charge in [-0.1, -0.05) is 25.8 Å². The maximum atomic E-state index is 3.99. The predicted octanol–water partition coefficient (Wildman–Crippen LogP) is 6.61. The molecule has 3 aliphatic carbocycles. The molecular formula is C21H36. The normalized spacial score (nSPS) is 45.2. The Kier molecular flexibility index (Phi) is 5.46. The third-order valence-corrected chi connectivity index (χ3v) is 7.36. The highest BCUT2D eigenvalue weighted by Crippen LogP contribution is 2.45. The number of rotatable bonds is 3. The Balaban J connectivity index is 1.42. The SMILES string of the molecule is C=CC1CCC(C2CCC(C3CCC(C)CC3)CC2)CC1. The predicted molar refractivity (Wildman–Crippen MR) is 92.2 cm³/mol. The quantitative estimate of drug-likeness (QED) is 0.512. The van der Waals surface area contributed by atoms with Gasteiger partial charge >= 0.3 is 0 Å². The number of hydrogen-bond donors (Lipinski definition) is 0. The maximum absolute atomic E-state index is 3.99. The molecule has 0 heteroatoms. The van der Waals surface area contributed by atoms with Gasteiger partial charge in [0.15, 0.2) is 0 Å². The van der Waals surface area contributed by atoms with Crippen LogP contribution in [-0.2, 0) is 0 Å². The van der Waals surface area contributed by atoms with E-state index in [0.717, 1.165) is 35.5 Å². The molecule has 21 heavy (non-hydrogen) atoms. The van der Waals surface area contributed by atoms with E-state index in [2.05, 4.69) is 19.6 Å². The largest absolute Gasteiger partial charge is 0.103 e. The van der Waals surface area contributed by atoms with E-state index in [1.165, 1.54) is 38.5 Å². The summed E-state index contributed by atoms with van der Waals surface area (Å²) >= 11 is 0. The van der Waals surface area contributed by atoms with Crippen molar-refractivity contribution in [3.05, 3.63) is 12.7 Å². The molecule has 0 radical (unpaired) electrons. The molecule has 0 bridgehead atoms. The Hall–Kier alpha value is -0.260. The van der Waals surface area contributed by atoms with Crippen LogP contribution in [0.4, 0.5) is 0 Å². The molecule has 0 nitrogen and oxygen atoms in total. The van der Waals surface area contributed by atoms with E-state index >= 15 is 0 Å². The minimum Gasteiger partial charge on any atom is -0.103 e. The maximum Gasteiger partial charge on any atom is -0.0236 e. The van der Waals surface area contributed by atoms with Gasteiger partial charge in [0.05, 0.1) is 0 Å². The number of hydrogen-bond acceptors (Lipinski definition) is 0. The second kappa shape index (κ2) is 7.34. The summed E-state index contributed by atoms with van der Waals surface area (Å²) in [5.74, 6) is 6.18. The Morgan fingerprint density at radius 3 is 1.29 bits per heavy atom. The van der Waals surface area contributed by atoms with E-state index in [4.69, 9.17) is 0 Å². The van der Waals surface area contributed by atoms with Gasteiger partial charge in [-0.15, -0.1) is 6.58 Å². The monoisotopic (exact) mass is 288 g/mol. The third kappa shape index (κ3) is 3.93. The molecule has 0 aliphatic heterocycles. The molecule has 120 valence electrons. The molecule has 0 atom stereocenters. The fourth-order valence-electron chi connectivity index (χ4n) is 5.70. The number of allylic oxidation sites excluding steroid dienone is 1. The van der Waals surface area contributed by atoms with Gasteiger partial charge < -0.3 is 0 Å². The van der Waals surface area contributed by atoms with Crippen molar-refractivity contribution in [2.75, 3.05) is 0 Å². The lowest BCUT2D eigenvalue weighted by molar-refractivity contribution is 0.110. The fraction of sp³-hybridized carbons (Fsp3) is 0.905. The molecule has 0 saturated heterocycles. The van der Waals surface area contributed by atoms with Crippen LogP contribution in [0.1, 0.15) is 84.0 Å². The van der Waals surface area contributed by atoms with Crippen molar-refractivity contribution in [2.24, 2.45) is 35.5 Å². The van der Waals surface area contributed by atoms with Crippen molar-refractivity contribution in [2.45, 2.75) is 84.0 Å². The summed E-state index contributed by atoms with van der Waals surface area (Å²) in [5, 5.41) is 0. The van der Waals surface area contributed by atoms with Crippen LogP contribution in [0.3, 0.4) is 0 Å². The van der Waals surface area contributed by atoms with Crippen LogP contribution >= 0.6 is 0 Å². The molecule has 0 aromatic carbocycles. The van der Waals surface area contributed by atoms with Gasteiger partial charge in [0.25, 0.3) is 0 Å². The summed E-state index contributed by atoms with van der Waals surface area (Å²) in [5.41, 5.74) is 0. The van der Waals surface area contributed by atoms with Crippen LogP contribution in [0.2, 0.25) is 0 Å². The first-order chi connectivity index (χ1) is 10.3. The lowest BCUT2D eigenvalue weighted by atomic mass is 9.65. The second-order valence-electron chi connectivity index (χ2n) is 8.61. The molecule has 0 amide bonds. The van der Waals surface area contributed by atoms with Gasteiger partial charge in [0.1, 0.15) is 0 Å². The summed E-state index contributed by atoms with van der Waals surface area (Å²) in [6.07, 6.45) is 20.4. The second-order valence-corrected chi connectivity index (χ2v) is 8.61. The highest BCUT2D eigenvalue weighted by atomic mass is 14.4. The van der Waals surface area contributed by atoms with Crippen LogP contribution in [-0.4, -0.2) is 0 Å². The summed E-state index contributed by atoms with van der Waals surface area (Å²) in [7, 11) is 0. The van der Waals surface area contributed by atoms with E-state index in [0.29, 0.717) is 0 Å². The molecular weight excluding hydrogens is 252 g/mol. The Bertz CT molecular complexity index is 307. The molecule has 0 heterocycles. The van der Waals surface area contributed by atoms with E-state index < -0.39 is 0 Å². The van der Waals surface area contributed by atoms with Crippen molar-refractivity contribution in [1.82, 2.24) is 0 Å². The third-order valence-electron chi connectivity index (χ3n) is 7.36.